The molecule has 0 saturated carbocycles. The Morgan fingerprint density at radius 2 is 1.79 bits per heavy atom. The molecule has 0 fully saturated rings. The van der Waals surface area contributed by atoms with Gasteiger partial charge in [0, 0.05) is 17.5 Å². The van der Waals surface area contributed by atoms with Gasteiger partial charge in [0.15, 0.2) is 0 Å². The first-order chi connectivity index (χ1) is 15.7. The second-order valence-corrected chi connectivity index (χ2v) is 7.72. The molecule has 172 valence electrons. The van der Waals surface area contributed by atoms with Gasteiger partial charge in [-0.3, -0.25) is 14.6 Å². The Balaban J connectivity index is 1.58. The third kappa shape index (κ3) is 6.35. The lowest BCUT2D eigenvalue weighted by atomic mass is 10.1. The highest BCUT2D eigenvalue weighted by Gasteiger charge is 2.38. The number of aromatic nitrogens is 2. The molecule has 2 heterocycles. The summed E-state index contributed by atoms with van der Waals surface area (Å²) < 4.78 is 41.6. The van der Waals surface area contributed by atoms with Crippen LogP contribution in [-0.2, 0) is 20.7 Å². The number of aryl methyl sites for hydroxylation is 1. The van der Waals surface area contributed by atoms with Crippen LogP contribution in [0.1, 0.15) is 21.7 Å². The van der Waals surface area contributed by atoms with Crippen LogP contribution in [0.4, 0.5) is 24.5 Å². The van der Waals surface area contributed by atoms with Crippen LogP contribution in [-0.4, -0.2) is 41.0 Å². The number of carbonyl (C=O) groups is 3. The van der Waals surface area contributed by atoms with E-state index in [9.17, 15) is 27.6 Å². The zero-order valence-corrected chi connectivity index (χ0v) is 17.9. The Hall–Kier alpha value is -3.80. The molecule has 3 rings (SSSR count). The molecule has 2 aromatic heterocycles. The van der Waals surface area contributed by atoms with Crippen LogP contribution in [0.25, 0.3) is 10.7 Å². The summed E-state index contributed by atoms with van der Waals surface area (Å²) in [6, 6.07) is 9.21. The number of hydrogen-bond donors (Lipinski definition) is 2. The molecule has 0 aliphatic carbocycles. The van der Waals surface area contributed by atoms with Crippen LogP contribution >= 0.6 is 11.3 Å². The monoisotopic (exact) mass is 478 g/mol. The molecule has 12 heteroatoms. The molecule has 3 aromatic rings. The molecule has 0 saturated heterocycles. The van der Waals surface area contributed by atoms with E-state index in [4.69, 9.17) is 4.74 Å². The van der Waals surface area contributed by atoms with Crippen LogP contribution < -0.4 is 10.6 Å². The minimum Gasteiger partial charge on any atom is -0.465 e. The number of nitrogens with zero attached hydrogens (tertiary/aromatic N) is 2. The van der Waals surface area contributed by atoms with Crippen molar-refractivity contribution in [3.63, 3.8) is 0 Å². The molecule has 0 unspecified atom stereocenters. The van der Waals surface area contributed by atoms with E-state index in [-0.39, 0.29) is 23.6 Å². The van der Waals surface area contributed by atoms with E-state index in [1.54, 1.807) is 35.8 Å². The Bertz CT molecular complexity index is 1160. The first kappa shape index (κ1) is 23.9. The zero-order valence-electron chi connectivity index (χ0n) is 17.1. The number of benzene rings is 1. The molecule has 8 nitrogen and oxygen atoms in total. The van der Waals surface area contributed by atoms with Gasteiger partial charge < -0.3 is 15.4 Å². The van der Waals surface area contributed by atoms with Gasteiger partial charge in [0.05, 0.1) is 35.9 Å². The normalized spacial score (nSPS) is 11.0. The lowest BCUT2D eigenvalue weighted by Crippen LogP contribution is -2.29. The van der Waals surface area contributed by atoms with Crippen LogP contribution in [0.2, 0.25) is 0 Å². The fourth-order valence-electron chi connectivity index (χ4n) is 2.67. The van der Waals surface area contributed by atoms with Gasteiger partial charge in [-0.15, -0.1) is 11.3 Å². The van der Waals surface area contributed by atoms with Gasteiger partial charge in [-0.2, -0.15) is 13.2 Å². The third-order valence-corrected chi connectivity index (χ3v) is 5.34. The number of amides is 2. The fraction of sp³-hybridized carbons (Fsp3) is 0.190. The number of pyridine rings is 1. The first-order valence-electron chi connectivity index (χ1n) is 9.44. The highest BCUT2D eigenvalue weighted by molar-refractivity contribution is 7.15. The molecule has 1 aromatic carbocycles. The van der Waals surface area contributed by atoms with Gasteiger partial charge in [-0.05, 0) is 30.7 Å². The maximum absolute atomic E-state index is 12.3. The number of anilines is 2. The number of para-hydroxylation sites is 1. The predicted molar refractivity (Wildman–Crippen MR) is 115 cm³/mol. The van der Waals surface area contributed by atoms with E-state index in [0.29, 0.717) is 22.8 Å². The number of esters is 1. The maximum Gasteiger partial charge on any atom is 0.471 e. The van der Waals surface area contributed by atoms with E-state index in [2.05, 4.69) is 15.3 Å². The fourth-order valence-corrected chi connectivity index (χ4v) is 3.56. The average Bonchev–Trinajstić information content (AvgIpc) is 3.26. The molecule has 33 heavy (non-hydrogen) atoms. The van der Waals surface area contributed by atoms with Crippen LogP contribution in [0.3, 0.4) is 0 Å². The second kappa shape index (κ2) is 10.2. The number of halogens is 3. The van der Waals surface area contributed by atoms with E-state index in [0.717, 1.165) is 11.1 Å². The highest BCUT2D eigenvalue weighted by atomic mass is 32.1. The van der Waals surface area contributed by atoms with Gasteiger partial charge in [-0.25, -0.2) is 9.78 Å². The van der Waals surface area contributed by atoms with E-state index in [1.807, 2.05) is 0 Å². The van der Waals surface area contributed by atoms with Crippen LogP contribution in [0, 0.1) is 0 Å². The largest absolute Gasteiger partial charge is 0.471 e. The van der Waals surface area contributed by atoms with Crippen molar-refractivity contribution in [3.05, 3.63) is 59.2 Å². The Morgan fingerprint density at radius 1 is 1.03 bits per heavy atom. The number of hydrogen-bond acceptors (Lipinski definition) is 7. The summed E-state index contributed by atoms with van der Waals surface area (Å²) in [7, 11) is 1.25. The predicted octanol–water partition coefficient (Wildman–Crippen LogP) is 4.06. The van der Waals surface area contributed by atoms with Gasteiger partial charge in [0.1, 0.15) is 5.01 Å². The van der Waals surface area contributed by atoms with Crippen molar-refractivity contribution in [2.24, 2.45) is 0 Å². The lowest BCUT2D eigenvalue weighted by Gasteiger charge is -2.09. The molecular formula is C21H17F3N4O4S. The molecule has 0 aliphatic heterocycles. The smallest absolute Gasteiger partial charge is 0.465 e. The number of nitrogens with one attached hydrogen (secondary N) is 2. The van der Waals surface area contributed by atoms with Crippen molar-refractivity contribution in [2.75, 3.05) is 17.7 Å². The van der Waals surface area contributed by atoms with E-state index >= 15 is 0 Å². The van der Waals surface area contributed by atoms with Gasteiger partial charge in [-0.1, -0.05) is 12.1 Å². The van der Waals surface area contributed by atoms with Crippen molar-refractivity contribution in [2.45, 2.75) is 19.0 Å². The molecule has 0 atom stereocenters. The summed E-state index contributed by atoms with van der Waals surface area (Å²) >= 11 is 1.27. The minimum absolute atomic E-state index is 0.0956. The SMILES string of the molecule is COC(=O)c1ccccc1NC(=O)CCc1cnc(-c2ccc(NC(=O)C(F)(F)F)cn2)s1. The maximum atomic E-state index is 12.3. The standard InChI is InChI=1S/C21H17F3N4O4S/c1-32-19(30)14-4-2-3-5-15(14)28-17(29)9-7-13-11-26-18(33-13)16-8-6-12(10-25-16)27-20(31)21(22,23)24/h2-6,8,10-11H,7,9H2,1H3,(H,27,31)(H,28,29). The van der Waals surface area contributed by atoms with Gasteiger partial charge >= 0.3 is 18.1 Å². The van der Waals surface area contributed by atoms with Crippen molar-refractivity contribution in [1.29, 1.82) is 0 Å². The van der Waals surface area contributed by atoms with E-state index in [1.165, 1.54) is 30.6 Å². The number of rotatable bonds is 7. The summed E-state index contributed by atoms with van der Waals surface area (Å²) in [5, 5.41) is 4.91. The lowest BCUT2D eigenvalue weighted by molar-refractivity contribution is -0.167. The van der Waals surface area contributed by atoms with Crippen molar-refractivity contribution in [1.82, 2.24) is 9.97 Å². The average molecular weight is 478 g/mol. The topological polar surface area (TPSA) is 110 Å². The minimum atomic E-state index is -4.99. The summed E-state index contributed by atoms with van der Waals surface area (Å²) in [5.74, 6) is -2.94. The van der Waals surface area contributed by atoms with E-state index < -0.39 is 18.1 Å². The summed E-state index contributed by atoms with van der Waals surface area (Å²) in [6.45, 7) is 0. The first-order valence-corrected chi connectivity index (χ1v) is 10.3. The summed E-state index contributed by atoms with van der Waals surface area (Å²) in [6.07, 6.45) is -1.80. The molecule has 2 N–H and O–H groups in total. The molecule has 0 spiro atoms. The molecule has 2 amide bonds. The summed E-state index contributed by atoms with van der Waals surface area (Å²) in [4.78, 5) is 44.1. The van der Waals surface area contributed by atoms with Crippen molar-refractivity contribution in [3.8, 4) is 10.7 Å². The highest BCUT2D eigenvalue weighted by Crippen LogP contribution is 2.26. The number of thiazole rings is 1. The number of alkyl halides is 3. The molecular weight excluding hydrogens is 461 g/mol. The van der Waals surface area contributed by atoms with Gasteiger partial charge in [0.2, 0.25) is 5.91 Å². The number of ether oxygens (including phenoxy) is 1. The second-order valence-electron chi connectivity index (χ2n) is 6.60. The van der Waals surface area contributed by atoms with Crippen LogP contribution in [0.15, 0.2) is 48.8 Å². The number of carbonyl (C=O) groups excluding carboxylic acids is 3. The summed E-state index contributed by atoms with van der Waals surface area (Å²) in [5.41, 5.74) is 0.907. The van der Waals surface area contributed by atoms with Gasteiger partial charge in [0.25, 0.3) is 0 Å². The molecule has 0 aliphatic rings. The Morgan fingerprint density at radius 3 is 2.45 bits per heavy atom. The third-order valence-electron chi connectivity index (χ3n) is 4.26. The Labute approximate surface area is 189 Å². The Kier molecular flexibility index (Phi) is 7.38. The van der Waals surface area contributed by atoms with Crippen LogP contribution in [0.5, 0.6) is 0 Å². The quantitative estimate of drug-likeness (QED) is 0.496. The molecule has 0 bridgehead atoms. The zero-order chi connectivity index (χ0) is 24.0. The van der Waals surface area contributed by atoms with Crippen molar-refractivity contribution < 1.29 is 32.3 Å². The van der Waals surface area contributed by atoms with Crippen molar-refractivity contribution >= 4 is 40.5 Å². The molecule has 0 radical (unpaired) electrons. The number of methoxy groups -OCH3 is 1.